The van der Waals surface area contributed by atoms with Crippen molar-refractivity contribution in [3.8, 4) is 0 Å². The maximum Gasteiger partial charge on any atom is 0.224 e. The Bertz CT molecular complexity index is 626. The van der Waals surface area contributed by atoms with Gasteiger partial charge in [0.1, 0.15) is 11.5 Å². The predicted octanol–water partition coefficient (Wildman–Crippen LogP) is 3.34. The first kappa shape index (κ1) is 15.8. The highest BCUT2D eigenvalue weighted by atomic mass is 16.5. The molecule has 2 heterocycles. The third-order valence-electron chi connectivity index (χ3n) is 4.82. The van der Waals surface area contributed by atoms with E-state index in [0.717, 1.165) is 42.0 Å². The van der Waals surface area contributed by atoms with Crippen molar-refractivity contribution in [3.63, 3.8) is 0 Å². The molecule has 1 saturated carbocycles. The Morgan fingerprint density at radius 3 is 2.87 bits per heavy atom. The average Bonchev–Trinajstić information content (AvgIpc) is 3.14. The molecule has 1 amide bonds. The third-order valence-corrected chi connectivity index (χ3v) is 4.82. The fraction of sp³-hybridized carbons (Fsp3) is 0.556. The second-order valence-corrected chi connectivity index (χ2v) is 6.48. The summed E-state index contributed by atoms with van der Waals surface area (Å²) in [5.74, 6) is 2.23. The lowest BCUT2D eigenvalue weighted by atomic mass is 9.81. The summed E-state index contributed by atoms with van der Waals surface area (Å²) in [4.78, 5) is 12.4. The number of rotatable bonds is 5. The highest BCUT2D eigenvalue weighted by Gasteiger charge is 2.27. The molecule has 2 atom stereocenters. The molecule has 0 spiro atoms. The van der Waals surface area contributed by atoms with Crippen LogP contribution in [0.15, 0.2) is 27.3 Å². The fourth-order valence-corrected chi connectivity index (χ4v) is 3.50. The Morgan fingerprint density at radius 2 is 2.17 bits per heavy atom. The summed E-state index contributed by atoms with van der Waals surface area (Å²) in [6, 6.07) is 4.16. The van der Waals surface area contributed by atoms with E-state index < -0.39 is 0 Å². The molecule has 124 valence electrons. The normalized spacial score (nSPS) is 21.3. The Labute approximate surface area is 136 Å². The molecular weight excluding hydrogens is 292 g/mol. The second-order valence-electron chi connectivity index (χ2n) is 6.48. The van der Waals surface area contributed by atoms with Crippen LogP contribution in [0.25, 0.3) is 0 Å². The number of aryl methyl sites for hydroxylation is 2. The summed E-state index contributed by atoms with van der Waals surface area (Å²) in [6.45, 7) is 3.72. The maximum atomic E-state index is 12.4. The van der Waals surface area contributed by atoms with Crippen molar-refractivity contribution in [2.24, 2.45) is 5.92 Å². The largest absolute Gasteiger partial charge is 0.469 e. The predicted molar refractivity (Wildman–Crippen MR) is 86.0 cm³/mol. The molecule has 2 aromatic heterocycles. The molecule has 23 heavy (non-hydrogen) atoms. The van der Waals surface area contributed by atoms with E-state index >= 15 is 0 Å². The van der Waals surface area contributed by atoms with Crippen LogP contribution in [0.5, 0.6) is 0 Å². The van der Waals surface area contributed by atoms with Crippen LogP contribution in [-0.4, -0.2) is 17.1 Å². The summed E-state index contributed by atoms with van der Waals surface area (Å²) >= 11 is 0. The molecule has 0 bridgehead atoms. The van der Waals surface area contributed by atoms with E-state index in [1.807, 2.05) is 26.0 Å². The van der Waals surface area contributed by atoms with Gasteiger partial charge in [-0.2, -0.15) is 0 Å². The topological polar surface area (TPSA) is 68.3 Å². The third kappa shape index (κ3) is 3.84. The minimum absolute atomic E-state index is 0.0516. The molecule has 1 aliphatic rings. The van der Waals surface area contributed by atoms with E-state index in [9.17, 15) is 4.79 Å². The quantitative estimate of drug-likeness (QED) is 0.918. The number of hydrogen-bond donors (Lipinski definition) is 1. The summed E-state index contributed by atoms with van der Waals surface area (Å²) in [7, 11) is 0. The molecule has 3 rings (SSSR count). The lowest BCUT2D eigenvalue weighted by Crippen LogP contribution is -2.43. The van der Waals surface area contributed by atoms with Crippen LogP contribution >= 0.6 is 0 Å². The van der Waals surface area contributed by atoms with Gasteiger partial charge in [0.2, 0.25) is 5.91 Å². The zero-order chi connectivity index (χ0) is 16.2. The van der Waals surface area contributed by atoms with Crippen LogP contribution in [0.3, 0.4) is 0 Å². The molecule has 0 aliphatic heterocycles. The second kappa shape index (κ2) is 7.02. The standard InChI is InChI=1S/C18H24N2O3/c1-12-16(13(2)23-20-12)11-18(21)19-17-8-4-3-6-14(17)10-15-7-5-9-22-15/h5,7,9,14,17H,3-4,6,8,10-11H2,1-2H3,(H,19,21)/t14-,17-/m0/s1. The van der Waals surface area contributed by atoms with Gasteiger partial charge < -0.3 is 14.3 Å². The van der Waals surface area contributed by atoms with Gasteiger partial charge in [0, 0.05) is 18.0 Å². The van der Waals surface area contributed by atoms with Crippen molar-refractivity contribution in [2.45, 2.75) is 58.4 Å². The van der Waals surface area contributed by atoms with Gasteiger partial charge >= 0.3 is 0 Å². The first-order chi connectivity index (χ1) is 11.1. The van der Waals surface area contributed by atoms with Crippen molar-refractivity contribution in [2.75, 3.05) is 0 Å². The molecule has 1 aliphatic carbocycles. The monoisotopic (exact) mass is 316 g/mol. The molecule has 1 N–H and O–H groups in total. The van der Waals surface area contributed by atoms with E-state index in [1.54, 1.807) is 6.26 Å². The van der Waals surface area contributed by atoms with Crippen molar-refractivity contribution in [1.82, 2.24) is 10.5 Å². The highest BCUT2D eigenvalue weighted by Crippen LogP contribution is 2.28. The van der Waals surface area contributed by atoms with Crippen LogP contribution in [0, 0.1) is 19.8 Å². The molecule has 0 radical (unpaired) electrons. The zero-order valence-corrected chi connectivity index (χ0v) is 13.8. The van der Waals surface area contributed by atoms with Gasteiger partial charge in [0.05, 0.1) is 18.4 Å². The van der Waals surface area contributed by atoms with Gasteiger partial charge in [-0.25, -0.2) is 0 Å². The molecule has 0 aromatic carbocycles. The van der Waals surface area contributed by atoms with Gasteiger partial charge in [-0.3, -0.25) is 4.79 Å². The smallest absolute Gasteiger partial charge is 0.224 e. The highest BCUT2D eigenvalue weighted by molar-refractivity contribution is 5.79. The van der Waals surface area contributed by atoms with Gasteiger partial charge in [-0.15, -0.1) is 0 Å². The van der Waals surface area contributed by atoms with Crippen molar-refractivity contribution in [3.05, 3.63) is 41.2 Å². The van der Waals surface area contributed by atoms with Gasteiger partial charge in [-0.1, -0.05) is 18.0 Å². The van der Waals surface area contributed by atoms with Crippen molar-refractivity contribution >= 4 is 5.91 Å². The Balaban J connectivity index is 1.61. The van der Waals surface area contributed by atoms with E-state index in [4.69, 9.17) is 8.94 Å². The molecule has 2 aromatic rings. The number of nitrogens with zero attached hydrogens (tertiary/aromatic N) is 1. The minimum Gasteiger partial charge on any atom is -0.469 e. The first-order valence-corrected chi connectivity index (χ1v) is 8.37. The zero-order valence-electron chi connectivity index (χ0n) is 13.8. The summed E-state index contributed by atoms with van der Waals surface area (Å²) in [5, 5.41) is 7.14. The Hall–Kier alpha value is -2.04. The SMILES string of the molecule is Cc1noc(C)c1CC(=O)N[C@H]1CCCC[C@H]1Cc1ccco1. The van der Waals surface area contributed by atoms with E-state index in [-0.39, 0.29) is 11.9 Å². The Morgan fingerprint density at radius 1 is 1.35 bits per heavy atom. The minimum atomic E-state index is 0.0516. The number of amides is 1. The van der Waals surface area contributed by atoms with Crippen LogP contribution < -0.4 is 5.32 Å². The first-order valence-electron chi connectivity index (χ1n) is 8.37. The molecule has 5 nitrogen and oxygen atoms in total. The molecular formula is C18H24N2O3. The van der Waals surface area contributed by atoms with Gasteiger partial charge in [0.15, 0.2) is 0 Å². The summed E-state index contributed by atoms with van der Waals surface area (Å²) in [5.41, 5.74) is 1.70. The number of nitrogens with one attached hydrogen (secondary N) is 1. The van der Waals surface area contributed by atoms with Crippen LogP contribution in [-0.2, 0) is 17.6 Å². The van der Waals surface area contributed by atoms with E-state index in [1.165, 1.54) is 12.8 Å². The molecule has 0 unspecified atom stereocenters. The number of hydrogen-bond acceptors (Lipinski definition) is 4. The lowest BCUT2D eigenvalue weighted by Gasteiger charge is -2.31. The Kier molecular flexibility index (Phi) is 4.84. The number of aromatic nitrogens is 1. The van der Waals surface area contributed by atoms with E-state index in [0.29, 0.717) is 12.3 Å². The van der Waals surface area contributed by atoms with E-state index in [2.05, 4.69) is 10.5 Å². The van der Waals surface area contributed by atoms with Crippen LogP contribution in [0.4, 0.5) is 0 Å². The maximum absolute atomic E-state index is 12.4. The number of carbonyl (C=O) groups is 1. The van der Waals surface area contributed by atoms with Gasteiger partial charge in [-0.05, 0) is 44.7 Å². The number of carbonyl (C=O) groups excluding carboxylic acids is 1. The van der Waals surface area contributed by atoms with Crippen molar-refractivity contribution < 1.29 is 13.7 Å². The lowest BCUT2D eigenvalue weighted by molar-refractivity contribution is -0.121. The fourth-order valence-electron chi connectivity index (χ4n) is 3.50. The average molecular weight is 316 g/mol. The summed E-state index contributed by atoms with van der Waals surface area (Å²) in [6.07, 6.45) is 7.51. The van der Waals surface area contributed by atoms with Crippen LogP contribution in [0.1, 0.15) is 48.5 Å². The summed E-state index contributed by atoms with van der Waals surface area (Å²) < 4.78 is 10.6. The van der Waals surface area contributed by atoms with Crippen molar-refractivity contribution in [1.29, 1.82) is 0 Å². The molecule has 0 saturated heterocycles. The van der Waals surface area contributed by atoms with Gasteiger partial charge in [0.25, 0.3) is 0 Å². The molecule has 1 fully saturated rings. The van der Waals surface area contributed by atoms with Crippen LogP contribution in [0.2, 0.25) is 0 Å². The molecule has 5 heteroatoms. The number of furan rings is 1.